The number of imidazole rings is 1. The summed E-state index contributed by atoms with van der Waals surface area (Å²) in [5.74, 6) is 0. The molecule has 0 spiro atoms. The maximum absolute atomic E-state index is 12.5. The number of aromatic nitrogens is 4. The van der Waals surface area contributed by atoms with E-state index in [4.69, 9.17) is 0 Å². The molecule has 2 aromatic heterocycles. The van der Waals surface area contributed by atoms with E-state index in [2.05, 4.69) is 25.9 Å². The van der Waals surface area contributed by atoms with Crippen LogP contribution >= 0.6 is 28.3 Å². The summed E-state index contributed by atoms with van der Waals surface area (Å²) in [6.45, 7) is 0. The Morgan fingerprint density at radius 3 is 2.80 bits per heavy atom. The van der Waals surface area contributed by atoms with Gasteiger partial charge in [0.2, 0.25) is 0 Å². The molecule has 0 fully saturated rings. The number of aryl methyl sites for hydroxylation is 1. The van der Waals surface area contributed by atoms with Crippen LogP contribution in [0.5, 0.6) is 0 Å². The molecule has 0 aliphatic rings. The zero-order valence-corrected chi connectivity index (χ0v) is 9.72. The van der Waals surface area contributed by atoms with Crippen LogP contribution in [-0.4, -0.2) is 18.5 Å². The number of aromatic amines is 1. The molecule has 0 aliphatic carbocycles. The van der Waals surface area contributed by atoms with Gasteiger partial charge in [0.05, 0.1) is 0 Å². The van der Waals surface area contributed by atoms with Crippen LogP contribution in [-0.2, 0) is 7.05 Å². The minimum Gasteiger partial charge on any atom is -0.279 e. The van der Waals surface area contributed by atoms with E-state index in [0.29, 0.717) is 0 Å². The van der Waals surface area contributed by atoms with Gasteiger partial charge in [-0.05, 0) is 15.9 Å². The lowest BCUT2D eigenvalue weighted by Gasteiger charge is -1.97. The molecule has 0 saturated carbocycles. The maximum atomic E-state index is 12.5. The molecule has 0 bridgehead atoms. The monoisotopic (exact) mass is 294 g/mol. The van der Waals surface area contributed by atoms with Crippen LogP contribution in [0.4, 0.5) is 3.89 Å². The van der Waals surface area contributed by atoms with Crippen molar-refractivity contribution in [1.29, 1.82) is 0 Å². The van der Waals surface area contributed by atoms with Crippen molar-refractivity contribution in [2.75, 3.05) is 0 Å². The molecule has 0 atom stereocenters. The molecule has 80 valence electrons. The number of H-pyrrole nitrogens is 1. The fourth-order valence-electron chi connectivity index (χ4n) is 1.20. The van der Waals surface area contributed by atoms with Crippen LogP contribution in [0.1, 0.15) is 0 Å². The van der Waals surface area contributed by atoms with Crippen molar-refractivity contribution in [3.63, 3.8) is 0 Å². The zero-order chi connectivity index (χ0) is 11.2. The van der Waals surface area contributed by atoms with E-state index in [1.165, 1.54) is 7.05 Å². The fraction of sp³-hybridized carbons (Fsp3) is 0.167. The van der Waals surface area contributed by atoms with E-state index in [9.17, 15) is 13.5 Å². The number of nitrogens with one attached hydrogen (secondary N) is 1. The first-order chi connectivity index (χ1) is 7.06. The molecule has 0 radical (unpaired) electrons. The molecule has 0 unspecified atom stereocenters. The van der Waals surface area contributed by atoms with Crippen LogP contribution in [0, 0.1) is 0 Å². The Morgan fingerprint density at radius 2 is 2.20 bits per heavy atom. The topological polar surface area (TPSA) is 72.7 Å². The molecule has 0 aromatic carbocycles. The molecule has 0 amide bonds. The number of hydrogen-bond acceptors (Lipinski definition) is 4. The highest BCUT2D eigenvalue weighted by molar-refractivity contribution is 9.10. The highest BCUT2D eigenvalue weighted by Gasteiger charge is 2.16. The summed E-state index contributed by atoms with van der Waals surface area (Å²) < 4.78 is 14.8. The van der Waals surface area contributed by atoms with Crippen molar-refractivity contribution in [1.82, 2.24) is 18.5 Å². The molecule has 2 aromatic rings. The zero-order valence-electron chi connectivity index (χ0n) is 7.32. The van der Waals surface area contributed by atoms with E-state index < -0.39 is 11.2 Å². The second-order valence-corrected chi connectivity index (χ2v) is 3.95. The summed E-state index contributed by atoms with van der Waals surface area (Å²) in [6, 6.07) is 0. The van der Waals surface area contributed by atoms with Gasteiger partial charge in [0.15, 0.2) is 28.2 Å². The van der Waals surface area contributed by atoms with Gasteiger partial charge >= 0.3 is 5.69 Å². The lowest BCUT2D eigenvalue weighted by molar-refractivity contribution is 0.831. The van der Waals surface area contributed by atoms with Gasteiger partial charge in [0.25, 0.3) is 5.56 Å². The summed E-state index contributed by atoms with van der Waals surface area (Å²) >= 11 is 2.82. The minimum atomic E-state index is -0.670. The minimum absolute atomic E-state index is 0.00326. The number of hydrogen-bond donors (Lipinski definition) is 1. The molecule has 2 heterocycles. The molecule has 15 heavy (non-hydrogen) atoms. The van der Waals surface area contributed by atoms with Gasteiger partial charge in [-0.2, -0.15) is 0 Å². The SMILES string of the molecule is Cn1c(=O)[nH]c(=O)c2c1nc(Br)n2SF. The van der Waals surface area contributed by atoms with Crippen molar-refractivity contribution >= 4 is 39.4 Å². The van der Waals surface area contributed by atoms with Crippen LogP contribution in [0.2, 0.25) is 0 Å². The number of halogens is 2. The second kappa shape index (κ2) is 3.49. The summed E-state index contributed by atoms with van der Waals surface area (Å²) in [4.78, 5) is 28.5. The molecule has 9 heteroatoms. The van der Waals surface area contributed by atoms with E-state index in [1.807, 2.05) is 0 Å². The standard InChI is InChI=1S/C6H4BrFN4O2S/c1-11-3-2(4(13)10-6(11)14)12(15-8)5(7)9-3/h1H3,(H,10,13,14). The van der Waals surface area contributed by atoms with Crippen LogP contribution in [0.15, 0.2) is 14.3 Å². The van der Waals surface area contributed by atoms with Gasteiger partial charge in [-0.25, -0.2) is 13.8 Å². The van der Waals surface area contributed by atoms with E-state index in [-0.39, 0.29) is 28.2 Å². The number of nitrogens with zero attached hydrogens (tertiary/aromatic N) is 3. The summed E-state index contributed by atoms with van der Waals surface area (Å²) in [5.41, 5.74) is -1.14. The van der Waals surface area contributed by atoms with Crippen LogP contribution in [0.25, 0.3) is 11.2 Å². The Bertz CT molecular complexity index is 645. The Morgan fingerprint density at radius 1 is 1.53 bits per heavy atom. The smallest absolute Gasteiger partial charge is 0.279 e. The predicted molar refractivity (Wildman–Crippen MR) is 57.4 cm³/mol. The van der Waals surface area contributed by atoms with Crippen LogP contribution in [0.3, 0.4) is 0 Å². The first kappa shape index (κ1) is 10.4. The third kappa shape index (κ3) is 1.42. The average Bonchev–Trinajstić information content (AvgIpc) is 2.52. The molecular formula is C6H4BrFN4O2S. The third-order valence-corrected chi connectivity index (χ3v) is 3.17. The molecule has 2 rings (SSSR count). The summed E-state index contributed by atoms with van der Waals surface area (Å²) in [5, 5.41) is 0. The quantitative estimate of drug-likeness (QED) is 0.781. The highest BCUT2D eigenvalue weighted by Crippen LogP contribution is 2.22. The van der Waals surface area contributed by atoms with Gasteiger partial charge in [-0.3, -0.25) is 14.3 Å². The van der Waals surface area contributed by atoms with Gasteiger partial charge in [0.1, 0.15) is 0 Å². The first-order valence-electron chi connectivity index (χ1n) is 3.72. The van der Waals surface area contributed by atoms with E-state index in [1.54, 1.807) is 0 Å². The van der Waals surface area contributed by atoms with Crippen LogP contribution < -0.4 is 11.2 Å². The molecule has 0 saturated heterocycles. The average molecular weight is 295 g/mol. The lowest BCUT2D eigenvalue weighted by atomic mass is 10.5. The largest absolute Gasteiger partial charge is 0.329 e. The van der Waals surface area contributed by atoms with E-state index >= 15 is 0 Å². The van der Waals surface area contributed by atoms with Crippen molar-refractivity contribution < 1.29 is 3.89 Å². The fourth-order valence-corrected chi connectivity index (χ4v) is 2.04. The molecule has 6 nitrogen and oxygen atoms in total. The second-order valence-electron chi connectivity index (χ2n) is 2.73. The summed E-state index contributed by atoms with van der Waals surface area (Å²) in [6.07, 6.45) is 0. The Kier molecular flexibility index (Phi) is 2.43. The normalized spacial score (nSPS) is 11.1. The third-order valence-electron chi connectivity index (χ3n) is 1.91. The first-order valence-corrected chi connectivity index (χ1v) is 5.19. The Balaban J connectivity index is 3.10. The number of fused-ring (bicyclic) bond motifs is 1. The summed E-state index contributed by atoms with van der Waals surface area (Å²) in [7, 11) is 1.44. The number of rotatable bonds is 1. The van der Waals surface area contributed by atoms with Gasteiger partial charge in [0, 0.05) is 7.05 Å². The predicted octanol–water partition coefficient (Wildman–Crippen LogP) is 0.567. The molecular weight excluding hydrogens is 291 g/mol. The Hall–Kier alpha value is -1.09. The van der Waals surface area contributed by atoms with E-state index in [0.717, 1.165) is 8.54 Å². The van der Waals surface area contributed by atoms with Crippen molar-refractivity contribution in [3.05, 3.63) is 25.6 Å². The van der Waals surface area contributed by atoms with Crippen molar-refractivity contribution in [2.24, 2.45) is 7.05 Å². The maximum Gasteiger partial charge on any atom is 0.329 e. The molecule has 1 N–H and O–H groups in total. The van der Waals surface area contributed by atoms with Gasteiger partial charge < -0.3 is 0 Å². The van der Waals surface area contributed by atoms with Crippen molar-refractivity contribution in [2.45, 2.75) is 0 Å². The highest BCUT2D eigenvalue weighted by atomic mass is 79.9. The lowest BCUT2D eigenvalue weighted by Crippen LogP contribution is -2.28. The van der Waals surface area contributed by atoms with Crippen molar-refractivity contribution in [3.8, 4) is 0 Å². The molecule has 0 aliphatic heterocycles. The van der Waals surface area contributed by atoms with Gasteiger partial charge in [-0.1, -0.05) is 0 Å². The Labute approximate surface area is 94.7 Å². The van der Waals surface area contributed by atoms with Gasteiger partial charge in [-0.15, -0.1) is 3.89 Å².